The molecule has 0 saturated heterocycles. The van der Waals surface area contributed by atoms with Gasteiger partial charge in [0.05, 0.1) is 23.6 Å². The number of aliphatic carboxylic acids is 1. The molecule has 0 amide bonds. The van der Waals surface area contributed by atoms with Crippen LogP contribution in [0.15, 0.2) is 181 Å². The summed E-state index contributed by atoms with van der Waals surface area (Å²) < 4.78 is 7.43. The number of benzene rings is 7. The van der Waals surface area contributed by atoms with Gasteiger partial charge in [0.1, 0.15) is 18.8 Å². The number of anilines is 1. The maximum atomic E-state index is 12.3. The van der Waals surface area contributed by atoms with Gasteiger partial charge in [0, 0.05) is 35.0 Å². The number of phenols is 1. The van der Waals surface area contributed by atoms with E-state index in [0.29, 0.717) is 37.9 Å². The fourth-order valence-electron chi connectivity index (χ4n) is 10.3. The van der Waals surface area contributed by atoms with Crippen LogP contribution in [0.2, 0.25) is 0 Å². The SMILES string of the molecule is Cc1ccc2ccc3c(c2c1)C(Cc1ccc(O)cc1)\C(=C/C=C(C#N)/C=C/C1=[N+](CCC(=O)O)c2ccccc2C1(Cc1ccc2ccccc2c1)Cc1ccccc1C)N3CCOC=O. The molecule has 2 N–H and O–H groups in total. The molecule has 0 radical (unpaired) electrons. The quantitative estimate of drug-likeness (QED) is 0.0327. The number of hydrogen-bond donors (Lipinski definition) is 2. The fourth-order valence-corrected chi connectivity index (χ4v) is 10.3. The van der Waals surface area contributed by atoms with Crippen LogP contribution in [-0.2, 0) is 39.0 Å². The molecule has 7 aromatic rings. The monoisotopic (exact) mass is 882 g/mol. The lowest BCUT2D eigenvalue weighted by atomic mass is 9.68. The van der Waals surface area contributed by atoms with Crippen LogP contribution in [0, 0.1) is 25.2 Å². The Morgan fingerprint density at radius 2 is 1.57 bits per heavy atom. The highest BCUT2D eigenvalue weighted by Gasteiger charge is 2.51. The van der Waals surface area contributed by atoms with Crippen molar-refractivity contribution >= 4 is 51.1 Å². The maximum absolute atomic E-state index is 12.3. The number of phenolic OH excluding ortho intramolecular Hbond substituents is 1. The lowest BCUT2D eigenvalue weighted by molar-refractivity contribution is -0.436. The van der Waals surface area contributed by atoms with Gasteiger partial charge in [-0.05, 0) is 119 Å². The van der Waals surface area contributed by atoms with Crippen LogP contribution in [-0.4, -0.2) is 52.6 Å². The van der Waals surface area contributed by atoms with Gasteiger partial charge in [-0.3, -0.25) is 9.59 Å². The van der Waals surface area contributed by atoms with E-state index < -0.39 is 11.4 Å². The summed E-state index contributed by atoms with van der Waals surface area (Å²) in [6.07, 6.45) is 9.60. The molecule has 0 bridgehead atoms. The number of para-hydroxylation sites is 1. The van der Waals surface area contributed by atoms with Gasteiger partial charge in [0.15, 0.2) is 12.3 Å². The zero-order valence-corrected chi connectivity index (χ0v) is 37.7. The third-order valence-corrected chi connectivity index (χ3v) is 13.5. The number of rotatable bonds is 16. The van der Waals surface area contributed by atoms with Crippen molar-refractivity contribution in [2.45, 2.75) is 50.9 Å². The van der Waals surface area contributed by atoms with E-state index in [1.54, 1.807) is 12.1 Å². The number of aromatic hydroxyl groups is 1. The first-order chi connectivity index (χ1) is 32.6. The van der Waals surface area contributed by atoms with E-state index in [-0.39, 0.29) is 31.2 Å². The third-order valence-electron chi connectivity index (χ3n) is 13.5. The predicted octanol–water partition coefficient (Wildman–Crippen LogP) is 11.5. The smallest absolute Gasteiger partial charge is 0.309 e. The van der Waals surface area contributed by atoms with Crippen molar-refractivity contribution in [3.63, 3.8) is 0 Å². The topological polar surface area (TPSA) is 114 Å². The molecule has 0 aromatic heterocycles. The summed E-state index contributed by atoms with van der Waals surface area (Å²) in [5.41, 5.74) is 11.5. The van der Waals surface area contributed by atoms with Crippen LogP contribution in [0.3, 0.4) is 0 Å². The van der Waals surface area contributed by atoms with Crippen molar-refractivity contribution in [3.8, 4) is 11.8 Å². The van der Waals surface area contributed by atoms with E-state index in [1.807, 2.05) is 48.6 Å². The molecular weight excluding hydrogens is 831 g/mol. The number of allylic oxidation sites excluding steroid dienone is 6. The fraction of sp³-hybridized carbons (Fsp3) is 0.186. The second-order valence-corrected chi connectivity index (χ2v) is 17.7. The number of aryl methyl sites for hydroxylation is 2. The standard InChI is InChI=1S/C59H51N3O5/c1-40-15-21-46-23-27-55-58(50(46)33-40)51(35-42-17-24-49(64)25-18-42)53(61(55)31-32-67-39-63)26-19-43(38-60)20-28-56-59(37-48-12-4-3-9-41(48)2,36-44-16-22-45-10-5-6-11-47(45)34-44)52-13-7-8-14-54(52)62(56)30-29-57(65)66/h3-28,33-34,39,51H,29-32,35-37H2,1-2H3,(H-,64,65,66)/p+1. The number of carboxylic acids is 1. The van der Waals surface area contributed by atoms with E-state index in [2.05, 4.69) is 139 Å². The lowest BCUT2D eigenvalue weighted by Crippen LogP contribution is -2.39. The number of hydrogen-bond acceptors (Lipinski definition) is 6. The van der Waals surface area contributed by atoms with Gasteiger partial charge in [-0.1, -0.05) is 127 Å². The summed E-state index contributed by atoms with van der Waals surface area (Å²) in [6.45, 7) is 5.50. The predicted molar refractivity (Wildman–Crippen MR) is 266 cm³/mol. The van der Waals surface area contributed by atoms with Gasteiger partial charge >= 0.3 is 5.97 Å². The molecule has 332 valence electrons. The summed E-state index contributed by atoms with van der Waals surface area (Å²) in [6, 6.07) is 52.2. The Labute approximate surface area is 391 Å². The second-order valence-electron chi connectivity index (χ2n) is 17.7. The van der Waals surface area contributed by atoms with Crippen molar-refractivity contribution in [3.05, 3.63) is 220 Å². The van der Waals surface area contributed by atoms with Gasteiger partial charge in [0.2, 0.25) is 5.69 Å². The molecule has 9 rings (SSSR count). The maximum Gasteiger partial charge on any atom is 0.309 e. The zero-order chi connectivity index (χ0) is 46.5. The van der Waals surface area contributed by atoms with Crippen molar-refractivity contribution in [1.29, 1.82) is 5.26 Å². The summed E-state index contributed by atoms with van der Waals surface area (Å²) in [4.78, 5) is 25.9. The highest BCUT2D eigenvalue weighted by atomic mass is 16.5. The Hall–Kier alpha value is -8.02. The van der Waals surface area contributed by atoms with Crippen LogP contribution in [0.5, 0.6) is 5.75 Å². The molecule has 8 nitrogen and oxygen atoms in total. The lowest BCUT2D eigenvalue weighted by Gasteiger charge is -2.29. The minimum atomic E-state index is -0.888. The van der Waals surface area contributed by atoms with E-state index in [0.717, 1.165) is 72.1 Å². The highest BCUT2D eigenvalue weighted by Crippen LogP contribution is 2.49. The van der Waals surface area contributed by atoms with E-state index >= 15 is 0 Å². The van der Waals surface area contributed by atoms with Crippen LogP contribution < -0.4 is 4.90 Å². The first-order valence-electron chi connectivity index (χ1n) is 22.8. The first kappa shape index (κ1) is 44.2. The van der Waals surface area contributed by atoms with Crippen LogP contribution in [0.1, 0.15) is 51.3 Å². The highest BCUT2D eigenvalue weighted by molar-refractivity contribution is 6.05. The Morgan fingerprint density at radius 1 is 0.836 bits per heavy atom. The average molecular weight is 883 g/mol. The van der Waals surface area contributed by atoms with Gasteiger partial charge in [0.25, 0.3) is 6.47 Å². The Kier molecular flexibility index (Phi) is 12.7. The van der Waals surface area contributed by atoms with Crippen molar-refractivity contribution in [1.82, 2.24) is 0 Å². The molecule has 0 saturated carbocycles. The van der Waals surface area contributed by atoms with Gasteiger partial charge in [-0.25, -0.2) is 0 Å². The molecule has 8 heteroatoms. The summed E-state index contributed by atoms with van der Waals surface area (Å²) in [7, 11) is 0. The minimum Gasteiger partial charge on any atom is -0.508 e. The average Bonchev–Trinajstić information content (AvgIpc) is 3.77. The van der Waals surface area contributed by atoms with E-state index in [4.69, 9.17) is 4.74 Å². The number of fused-ring (bicyclic) bond motifs is 5. The molecule has 67 heavy (non-hydrogen) atoms. The molecule has 7 aromatic carbocycles. The van der Waals surface area contributed by atoms with E-state index in [1.165, 1.54) is 11.1 Å². The molecule has 0 fully saturated rings. The number of ether oxygens (including phenoxy) is 1. The molecule has 2 unspecified atom stereocenters. The summed E-state index contributed by atoms with van der Waals surface area (Å²) >= 11 is 0. The Morgan fingerprint density at radius 3 is 2.36 bits per heavy atom. The van der Waals surface area contributed by atoms with Crippen molar-refractivity contribution in [2.24, 2.45) is 0 Å². The largest absolute Gasteiger partial charge is 0.508 e. The molecule has 2 aliphatic rings. The summed E-state index contributed by atoms with van der Waals surface area (Å²) in [5, 5.41) is 35.7. The van der Waals surface area contributed by atoms with Gasteiger partial charge in [-0.15, -0.1) is 0 Å². The molecular formula is C59H52N3O5+. The number of nitrogens with zero attached hydrogens (tertiary/aromatic N) is 3. The zero-order valence-electron chi connectivity index (χ0n) is 37.7. The number of carbonyl (C=O) groups excluding carboxylic acids is 1. The van der Waals surface area contributed by atoms with Gasteiger partial charge in [-0.2, -0.15) is 9.84 Å². The van der Waals surface area contributed by atoms with Crippen LogP contribution in [0.25, 0.3) is 21.5 Å². The summed E-state index contributed by atoms with van der Waals surface area (Å²) in [5.74, 6) is -0.838. The first-order valence-corrected chi connectivity index (χ1v) is 22.8. The number of carboxylic acid groups (broad SMARTS) is 1. The molecule has 0 spiro atoms. The Bertz CT molecular complexity index is 3210. The molecule has 2 aliphatic heterocycles. The number of carbonyl (C=O) groups is 2. The Balaban J connectivity index is 1.20. The van der Waals surface area contributed by atoms with Crippen molar-refractivity contribution in [2.75, 3.05) is 24.6 Å². The minimum absolute atomic E-state index is 0.0734. The second kappa shape index (κ2) is 19.2. The third kappa shape index (κ3) is 9.01. The molecule has 2 atom stereocenters. The van der Waals surface area contributed by atoms with Gasteiger partial charge < -0.3 is 19.8 Å². The van der Waals surface area contributed by atoms with Crippen molar-refractivity contribution < 1.29 is 29.1 Å². The van der Waals surface area contributed by atoms with E-state index in [9.17, 15) is 25.1 Å². The van der Waals surface area contributed by atoms with Crippen LogP contribution >= 0.6 is 0 Å². The van der Waals surface area contributed by atoms with Crippen LogP contribution in [0.4, 0.5) is 11.4 Å². The normalized spacial score (nSPS) is 17.3. The number of nitriles is 1. The molecule has 0 aliphatic carbocycles. The molecule has 2 heterocycles.